The molecular formula is C91H146F3N4O36S2-. The van der Waals surface area contributed by atoms with Crippen LogP contribution >= 0.6 is 12.0 Å². The van der Waals surface area contributed by atoms with Crippen molar-refractivity contribution in [1.82, 2.24) is 15.0 Å². The first-order valence-corrected chi connectivity index (χ1v) is 49.1. The molecule has 45 heteroatoms. The topological polar surface area (TPSA) is 428 Å². The summed E-state index contributed by atoms with van der Waals surface area (Å²) in [4.78, 5) is 56.4. The fraction of sp³-hybridized carbons (Fsp3) is 0.769. The molecule has 136 heavy (non-hydrogen) atoms. The normalized spacial score (nSPS) is 14.6. The Labute approximate surface area is 800 Å². The number of carbonyl (C=O) groups is 4. The van der Waals surface area contributed by atoms with Crippen LogP contribution in [0.4, 0.5) is 18.9 Å². The number of anilines is 1. The number of hydroxylamine groups is 2. The van der Waals surface area contributed by atoms with Crippen molar-refractivity contribution in [2.45, 2.75) is 109 Å². The van der Waals surface area contributed by atoms with E-state index in [2.05, 4.69) is 14.7 Å². The van der Waals surface area contributed by atoms with Gasteiger partial charge in [-0.3, -0.25) is 19.4 Å². The number of methoxy groups -OCH3 is 1. The molecule has 0 aromatic heterocycles. The van der Waals surface area contributed by atoms with Gasteiger partial charge in [-0.25, -0.2) is 17.8 Å². The van der Waals surface area contributed by atoms with E-state index in [-0.39, 0.29) is 83.9 Å². The highest BCUT2D eigenvalue weighted by molar-refractivity contribution is 7.95. The number of hydrogen-bond donors (Lipinski definition) is 1. The van der Waals surface area contributed by atoms with Gasteiger partial charge >= 0.3 is 12.1 Å². The maximum Gasteiger partial charge on any atom is 0.417 e. The third-order valence-electron chi connectivity index (χ3n) is 20.5. The van der Waals surface area contributed by atoms with E-state index in [0.29, 0.717) is 395 Å². The second-order valence-corrected chi connectivity index (χ2v) is 33.9. The van der Waals surface area contributed by atoms with Crippen LogP contribution in [0.3, 0.4) is 0 Å². The summed E-state index contributed by atoms with van der Waals surface area (Å²) in [6.45, 7) is 29.6. The lowest BCUT2D eigenvalue weighted by atomic mass is 9.85. The summed E-state index contributed by atoms with van der Waals surface area (Å²) in [7, 11) is -3.31. The maximum atomic E-state index is 15.9. The van der Waals surface area contributed by atoms with Gasteiger partial charge in [-0.1, -0.05) is 12.5 Å². The van der Waals surface area contributed by atoms with Gasteiger partial charge in [-0.05, 0) is 68.9 Å². The minimum Gasteiger partial charge on any atom is -0.748 e. The third kappa shape index (κ3) is 52.3. The average molecular weight is 1990 g/mol. The van der Waals surface area contributed by atoms with Gasteiger partial charge in [-0.2, -0.15) is 17.5 Å². The van der Waals surface area contributed by atoms with E-state index < -0.39 is 56.5 Å². The molecule has 2 aromatic rings. The zero-order chi connectivity index (χ0) is 97.7. The molecule has 4 aliphatic rings. The van der Waals surface area contributed by atoms with Crippen molar-refractivity contribution in [3.63, 3.8) is 0 Å². The molecule has 0 bridgehead atoms. The number of rotatable bonds is 91. The Bertz CT molecular complexity index is 3900. The number of benzene rings is 2. The highest BCUT2D eigenvalue weighted by Gasteiger charge is 2.44. The number of amides is 3. The molecule has 1 saturated heterocycles. The summed E-state index contributed by atoms with van der Waals surface area (Å²) in [5, 5.41) is 17.7. The van der Waals surface area contributed by atoms with Crippen LogP contribution in [0.25, 0.3) is 16.7 Å². The second kappa shape index (κ2) is 73.3. The fourth-order valence-electron chi connectivity index (χ4n) is 14.1. The van der Waals surface area contributed by atoms with Crippen LogP contribution in [0.15, 0.2) is 36.4 Å². The Balaban J connectivity index is 0.664. The summed E-state index contributed by atoms with van der Waals surface area (Å²) in [6, 6.07) is 5.57. The molecule has 0 saturated carbocycles. The summed E-state index contributed by atoms with van der Waals surface area (Å²) >= 11 is 0.641. The van der Waals surface area contributed by atoms with Crippen LogP contribution in [-0.2, 0) is 157 Å². The molecule has 40 nitrogen and oxygen atoms in total. The van der Waals surface area contributed by atoms with Crippen LogP contribution in [-0.4, -0.2) is 408 Å². The molecule has 4 aliphatic heterocycles. The van der Waals surface area contributed by atoms with Crippen molar-refractivity contribution in [2.24, 2.45) is 0 Å². The number of imide groups is 1. The lowest BCUT2D eigenvalue weighted by Gasteiger charge is -2.44. The molecular weight excluding hydrogens is 1850 g/mol. The minimum absolute atomic E-state index is 0.0146. The lowest BCUT2D eigenvalue weighted by Crippen LogP contribution is -2.50. The van der Waals surface area contributed by atoms with Crippen molar-refractivity contribution >= 4 is 68.3 Å². The van der Waals surface area contributed by atoms with E-state index in [0.717, 1.165) is 0 Å². The van der Waals surface area contributed by atoms with E-state index >= 15 is 13.2 Å². The van der Waals surface area contributed by atoms with Gasteiger partial charge in [-0.15, -0.1) is 5.06 Å². The Morgan fingerprint density at radius 3 is 1.19 bits per heavy atom. The van der Waals surface area contributed by atoms with Gasteiger partial charge in [0, 0.05) is 112 Å². The number of nitrogens with one attached hydrogen (secondary N) is 1. The van der Waals surface area contributed by atoms with Crippen LogP contribution in [0.5, 0.6) is 11.5 Å². The average Bonchev–Trinajstić information content (AvgIpc) is 0.749. The molecule has 2 aromatic carbocycles. The van der Waals surface area contributed by atoms with Crippen LogP contribution in [0.1, 0.15) is 109 Å². The minimum atomic E-state index is -5.01. The number of unbranched alkanes of at least 4 members (excludes halogenated alkanes) is 4. The molecule has 780 valence electrons. The molecule has 0 unspecified atom stereocenters. The summed E-state index contributed by atoms with van der Waals surface area (Å²) in [6.07, 6.45) is 1.38. The largest absolute Gasteiger partial charge is 0.748 e. The molecule has 3 amide bonds. The number of alkyl halides is 3. The monoisotopic (exact) mass is 1990 g/mol. The lowest BCUT2D eigenvalue weighted by molar-refractivity contribution is -0.777. The van der Waals surface area contributed by atoms with Crippen LogP contribution < -0.4 is 35.4 Å². The summed E-state index contributed by atoms with van der Waals surface area (Å²) in [5.74, 6) is -3.40. The first-order valence-electron chi connectivity index (χ1n) is 46.6. The maximum absolute atomic E-state index is 15.9. The van der Waals surface area contributed by atoms with E-state index in [1.165, 1.54) is 24.3 Å². The molecule has 0 radical (unpaired) electrons. The molecule has 1 N–H and O–H groups in total. The highest BCUT2D eigenvalue weighted by Crippen LogP contribution is 2.49. The Morgan fingerprint density at radius 1 is 0.456 bits per heavy atom. The summed E-state index contributed by atoms with van der Waals surface area (Å²) < 4.78 is 230. The number of nitrogens with zero attached hydrogens (tertiary/aromatic N) is 3. The third-order valence-corrected chi connectivity index (χ3v) is 21.8. The zero-order valence-corrected chi connectivity index (χ0v) is 81.4. The van der Waals surface area contributed by atoms with Gasteiger partial charge in [0.2, 0.25) is 11.3 Å². The molecule has 4 heterocycles. The van der Waals surface area contributed by atoms with Gasteiger partial charge in [0.1, 0.15) is 18.0 Å². The van der Waals surface area contributed by atoms with Crippen molar-refractivity contribution < 1.29 is 183 Å². The van der Waals surface area contributed by atoms with Crippen molar-refractivity contribution in [3.05, 3.63) is 63.7 Å². The predicted molar refractivity (Wildman–Crippen MR) is 485 cm³/mol. The van der Waals surface area contributed by atoms with E-state index in [1.807, 2.05) is 29.4 Å². The van der Waals surface area contributed by atoms with E-state index in [1.54, 1.807) is 27.0 Å². The van der Waals surface area contributed by atoms with Crippen molar-refractivity contribution in [2.75, 3.05) is 354 Å². The smallest absolute Gasteiger partial charge is 0.417 e. The number of carbonyl (C=O) groups excluding carboxylic acids is 4. The first kappa shape index (κ1) is 119. The fourth-order valence-corrected chi connectivity index (χ4v) is 15.1. The standard InChI is InChI=1S/C91H147F3N4O36S2/c1-89(2)70-74(72-135-134-133-103)76-66-78-82(68-80(76)96(89)18-11-7-9-13-87(102)132-98-85(100)14-15-86(98)101)131-83-69-81-77(67-79(83)88(78)91(92,93)94)75(73-136(104,105)106)71-90(3,4)97(81)17-10-6-8-12-84(99)95-16-19-108-22-23-110-26-27-112-30-31-114-34-35-116-38-39-118-42-43-120-46-47-122-50-51-124-54-55-126-58-59-128-62-63-130-65-64-129-61-60-127-57-56-125-53-52-123-49-48-121-45-44-119-41-40-117-37-36-115-33-32-113-29-28-111-25-24-109-21-20-107-5/h66-71H,6-65,72-73H2,1-5H3,(H2-,95,99,103,104,105,106)/p-1. The predicted octanol–water partition coefficient (Wildman–Crippen LogP) is 4.49. The Morgan fingerprint density at radius 2 is 0.824 bits per heavy atom. The van der Waals surface area contributed by atoms with Gasteiger partial charge in [0.05, 0.1) is 349 Å². The second-order valence-electron chi connectivity index (χ2n) is 31.8. The van der Waals surface area contributed by atoms with Crippen LogP contribution in [0.2, 0.25) is 0 Å². The number of hydrogen-bond acceptors (Lipinski definition) is 38. The highest BCUT2D eigenvalue weighted by atomic mass is 32.2. The molecule has 6 rings (SSSR count). The summed E-state index contributed by atoms with van der Waals surface area (Å²) in [5.41, 5.74) is -1.63. The molecule has 0 spiro atoms. The first-order chi connectivity index (χ1) is 66.0. The molecule has 1 fully saturated rings. The molecule has 0 aliphatic carbocycles. The van der Waals surface area contributed by atoms with Crippen LogP contribution in [0, 0.1) is 0 Å². The SMILES string of the molecule is COCCOCCOCCOCCOCCOCCOCCOCCOCCOCCOCCOCCOCCOCCOCCOCCOCCOCCOCCOCCOCCOCCOCCOCCNC(=O)CCCCC[N+]1=c2cc3c(cc2C(CS(=O)(=O)[O-])=CC1(C)C)=C(C(F)(F)F)c1cc2c(cc1O3)N(CCCCCC(=O)ON1C(=O)CCC1=O)C(C)(C)C=C2CSOO[O-]. The Kier molecular flexibility index (Phi) is 64.1. The molecule has 0 atom stereocenters. The van der Waals surface area contributed by atoms with Gasteiger partial charge < -0.3 is 143 Å². The zero-order valence-electron chi connectivity index (χ0n) is 79.8. The number of fused-ring (bicyclic) bond motifs is 4. The number of ether oxygens (including phenoxy) is 25. The Hall–Kier alpha value is -5.76. The number of halogens is 3. The van der Waals surface area contributed by atoms with Crippen molar-refractivity contribution in [3.8, 4) is 11.5 Å². The van der Waals surface area contributed by atoms with Crippen molar-refractivity contribution in [1.29, 1.82) is 0 Å². The van der Waals surface area contributed by atoms with Gasteiger partial charge in [0.25, 0.3) is 11.8 Å². The van der Waals surface area contributed by atoms with E-state index in [9.17, 15) is 37.4 Å². The van der Waals surface area contributed by atoms with E-state index in [4.69, 9.17) is 123 Å². The quantitative estimate of drug-likeness (QED) is 0.0181. The van der Waals surface area contributed by atoms with Gasteiger partial charge in [0.15, 0.2) is 5.54 Å².